The monoisotopic (exact) mass is 478 g/mol. The number of aromatic hydroxyl groups is 1. The van der Waals surface area contributed by atoms with Crippen LogP contribution >= 0.6 is 23.2 Å². The van der Waals surface area contributed by atoms with E-state index in [9.17, 15) is 14.7 Å². The van der Waals surface area contributed by atoms with Gasteiger partial charge in [0.25, 0.3) is 5.91 Å². The maximum Gasteiger partial charge on any atom is 0.345 e. The largest absolute Gasteiger partial charge is 0.507 e. The van der Waals surface area contributed by atoms with E-state index in [1.807, 2.05) is 24.3 Å². The molecule has 0 unspecified atom stereocenters. The van der Waals surface area contributed by atoms with Crippen LogP contribution in [0.5, 0.6) is 11.5 Å². The van der Waals surface area contributed by atoms with Crippen LogP contribution < -0.4 is 10.2 Å². The summed E-state index contributed by atoms with van der Waals surface area (Å²) in [5, 5.41) is 16.1. The first-order chi connectivity index (χ1) is 15.9. The molecular weight excluding hydrogens is 463 g/mol. The van der Waals surface area contributed by atoms with Gasteiger partial charge in [-0.1, -0.05) is 65.7 Å². The molecule has 2 N–H and O–H groups in total. The Morgan fingerprint density at radius 1 is 0.909 bits per heavy atom. The second-order valence-corrected chi connectivity index (χ2v) is 7.77. The highest BCUT2D eigenvalue weighted by atomic mass is 35.5. The lowest BCUT2D eigenvalue weighted by molar-refractivity contribution is 0.0734. The summed E-state index contributed by atoms with van der Waals surface area (Å²) in [6.45, 7) is 0. The predicted molar refractivity (Wildman–Crippen MR) is 129 cm³/mol. The molecule has 0 bridgehead atoms. The topological polar surface area (TPSA) is 88.0 Å². The van der Waals surface area contributed by atoms with Crippen molar-refractivity contribution < 1.29 is 19.4 Å². The molecule has 33 heavy (non-hydrogen) atoms. The van der Waals surface area contributed by atoms with Gasteiger partial charge in [0.15, 0.2) is 0 Å². The number of fused-ring (bicyclic) bond motifs is 1. The van der Waals surface area contributed by atoms with E-state index in [0.29, 0.717) is 10.6 Å². The van der Waals surface area contributed by atoms with Crippen molar-refractivity contribution >= 4 is 52.1 Å². The number of amides is 1. The molecule has 0 aliphatic heterocycles. The molecule has 164 valence electrons. The number of hydrazone groups is 1. The quantitative estimate of drug-likeness (QED) is 0.163. The standard InChI is InChI=1S/C25H16Cl2N2O4/c26-16-10-11-18(21(27)13-16)25(32)33-23-12-9-15-5-1-2-6-17(15)20(23)14-28-29-24(31)19-7-3-4-8-22(19)30/h1-14,30H,(H,29,31)/b28-14+. The molecule has 0 saturated heterocycles. The zero-order chi connectivity index (χ0) is 23.4. The Labute approximate surface area is 199 Å². The summed E-state index contributed by atoms with van der Waals surface area (Å²) in [5.41, 5.74) is 3.09. The SMILES string of the molecule is O=C(N/N=C/c1c(OC(=O)c2ccc(Cl)cc2Cl)ccc2ccccc12)c1ccccc1O. The summed E-state index contributed by atoms with van der Waals surface area (Å²) in [6.07, 6.45) is 1.38. The first-order valence-electron chi connectivity index (χ1n) is 9.74. The van der Waals surface area contributed by atoms with E-state index in [4.69, 9.17) is 27.9 Å². The van der Waals surface area contributed by atoms with Gasteiger partial charge < -0.3 is 9.84 Å². The van der Waals surface area contributed by atoms with Crippen LogP contribution in [0.4, 0.5) is 0 Å². The molecular formula is C25H16Cl2N2O4. The zero-order valence-corrected chi connectivity index (χ0v) is 18.5. The van der Waals surface area contributed by atoms with E-state index >= 15 is 0 Å². The zero-order valence-electron chi connectivity index (χ0n) is 17.0. The molecule has 0 heterocycles. The minimum atomic E-state index is -0.667. The van der Waals surface area contributed by atoms with Crippen molar-refractivity contribution in [1.29, 1.82) is 0 Å². The third kappa shape index (κ3) is 4.98. The highest BCUT2D eigenvalue weighted by Gasteiger charge is 2.17. The van der Waals surface area contributed by atoms with E-state index < -0.39 is 11.9 Å². The van der Waals surface area contributed by atoms with Crippen molar-refractivity contribution in [1.82, 2.24) is 5.43 Å². The third-order valence-corrected chi connectivity index (χ3v) is 5.34. The smallest absolute Gasteiger partial charge is 0.345 e. The maximum atomic E-state index is 12.7. The number of carbonyl (C=O) groups excluding carboxylic acids is 2. The molecule has 0 spiro atoms. The highest BCUT2D eigenvalue weighted by molar-refractivity contribution is 6.36. The van der Waals surface area contributed by atoms with E-state index in [2.05, 4.69) is 10.5 Å². The van der Waals surface area contributed by atoms with Gasteiger partial charge in [-0.25, -0.2) is 10.2 Å². The van der Waals surface area contributed by atoms with Crippen LogP contribution in [0, 0.1) is 0 Å². The predicted octanol–water partition coefficient (Wildman–Crippen LogP) is 5.84. The number of phenolic OH excluding ortho intramolecular Hbond substituents is 1. The summed E-state index contributed by atoms with van der Waals surface area (Å²) in [4.78, 5) is 25.1. The molecule has 4 aromatic carbocycles. The van der Waals surface area contributed by atoms with E-state index in [1.165, 1.54) is 30.5 Å². The van der Waals surface area contributed by atoms with Gasteiger partial charge in [0.1, 0.15) is 11.5 Å². The van der Waals surface area contributed by atoms with Crippen LogP contribution in [0.15, 0.2) is 84.0 Å². The number of halogens is 2. The average molecular weight is 479 g/mol. The van der Waals surface area contributed by atoms with Gasteiger partial charge in [0.2, 0.25) is 0 Å². The minimum absolute atomic E-state index is 0.0802. The molecule has 6 nitrogen and oxygen atoms in total. The Bertz CT molecular complexity index is 1400. The molecule has 8 heteroatoms. The van der Waals surface area contributed by atoms with Crippen LogP contribution in [0.3, 0.4) is 0 Å². The van der Waals surface area contributed by atoms with Crippen molar-refractivity contribution in [2.24, 2.45) is 5.10 Å². The number of phenols is 1. The number of benzene rings is 4. The first-order valence-corrected chi connectivity index (χ1v) is 10.5. The number of esters is 1. The average Bonchev–Trinajstić information content (AvgIpc) is 2.80. The van der Waals surface area contributed by atoms with Crippen LogP contribution in [-0.2, 0) is 0 Å². The first kappa shape index (κ1) is 22.3. The molecule has 1 amide bonds. The molecule has 4 rings (SSSR count). The van der Waals surface area contributed by atoms with Gasteiger partial charge in [0, 0.05) is 10.6 Å². The Balaban J connectivity index is 1.65. The van der Waals surface area contributed by atoms with Crippen LogP contribution in [-0.4, -0.2) is 23.2 Å². The molecule has 4 aromatic rings. The van der Waals surface area contributed by atoms with Gasteiger partial charge in [-0.3, -0.25) is 4.79 Å². The van der Waals surface area contributed by atoms with Crippen molar-refractivity contribution in [2.75, 3.05) is 0 Å². The van der Waals surface area contributed by atoms with Gasteiger partial charge >= 0.3 is 5.97 Å². The van der Waals surface area contributed by atoms with Crippen molar-refractivity contribution in [3.8, 4) is 11.5 Å². The third-order valence-electron chi connectivity index (χ3n) is 4.79. The number of nitrogens with one attached hydrogen (secondary N) is 1. The second kappa shape index (κ2) is 9.73. The van der Waals surface area contributed by atoms with Gasteiger partial charge in [-0.15, -0.1) is 0 Å². The normalized spacial score (nSPS) is 11.0. The fourth-order valence-corrected chi connectivity index (χ4v) is 3.67. The minimum Gasteiger partial charge on any atom is -0.507 e. The number of nitrogens with zero attached hydrogens (tertiary/aromatic N) is 1. The fraction of sp³-hybridized carbons (Fsp3) is 0. The molecule has 0 radical (unpaired) electrons. The Morgan fingerprint density at radius 2 is 1.67 bits per heavy atom. The number of hydrogen-bond donors (Lipinski definition) is 2. The summed E-state index contributed by atoms with van der Waals surface area (Å²) in [6, 6.07) is 21.5. The van der Waals surface area contributed by atoms with Crippen molar-refractivity contribution in [3.63, 3.8) is 0 Å². The van der Waals surface area contributed by atoms with Crippen LogP contribution in [0.1, 0.15) is 26.3 Å². The highest BCUT2D eigenvalue weighted by Crippen LogP contribution is 2.29. The lowest BCUT2D eigenvalue weighted by Crippen LogP contribution is -2.18. The van der Waals surface area contributed by atoms with Crippen LogP contribution in [0.2, 0.25) is 10.0 Å². The summed E-state index contributed by atoms with van der Waals surface area (Å²) < 4.78 is 5.61. The number of ether oxygens (including phenoxy) is 1. The van der Waals surface area contributed by atoms with E-state index in [-0.39, 0.29) is 27.6 Å². The molecule has 0 aliphatic carbocycles. The molecule has 0 aromatic heterocycles. The Hall–Kier alpha value is -3.87. The Kier molecular flexibility index (Phi) is 6.58. The molecule has 0 aliphatic rings. The van der Waals surface area contributed by atoms with Crippen molar-refractivity contribution in [2.45, 2.75) is 0 Å². The maximum absolute atomic E-state index is 12.7. The molecule has 0 saturated carbocycles. The van der Waals surface area contributed by atoms with Gasteiger partial charge in [-0.05, 0) is 47.2 Å². The summed E-state index contributed by atoms with van der Waals surface area (Å²) in [7, 11) is 0. The summed E-state index contributed by atoms with van der Waals surface area (Å²) in [5.74, 6) is -1.19. The number of para-hydroxylation sites is 1. The van der Waals surface area contributed by atoms with E-state index in [1.54, 1.807) is 30.3 Å². The van der Waals surface area contributed by atoms with Crippen molar-refractivity contribution in [3.05, 3.63) is 106 Å². The Morgan fingerprint density at radius 3 is 2.45 bits per heavy atom. The number of rotatable bonds is 5. The summed E-state index contributed by atoms with van der Waals surface area (Å²) >= 11 is 12.0. The number of carbonyl (C=O) groups is 2. The van der Waals surface area contributed by atoms with Gasteiger partial charge in [-0.2, -0.15) is 5.10 Å². The number of hydrogen-bond acceptors (Lipinski definition) is 5. The molecule has 0 atom stereocenters. The fourth-order valence-electron chi connectivity index (χ4n) is 3.19. The second-order valence-electron chi connectivity index (χ2n) is 6.93. The van der Waals surface area contributed by atoms with Gasteiger partial charge in [0.05, 0.1) is 22.4 Å². The lowest BCUT2D eigenvalue weighted by Gasteiger charge is -2.11. The molecule has 0 fully saturated rings. The van der Waals surface area contributed by atoms with E-state index in [0.717, 1.165) is 10.8 Å². The van der Waals surface area contributed by atoms with Crippen LogP contribution in [0.25, 0.3) is 10.8 Å². The lowest BCUT2D eigenvalue weighted by atomic mass is 10.0.